The third kappa shape index (κ3) is 6.26. The summed E-state index contributed by atoms with van der Waals surface area (Å²) in [6.07, 6.45) is 2.84. The van der Waals surface area contributed by atoms with Gasteiger partial charge in [-0.15, -0.1) is 0 Å². The number of methoxy groups -OCH3 is 1. The van der Waals surface area contributed by atoms with Crippen LogP contribution in [0.3, 0.4) is 0 Å². The number of hydrogen-bond acceptors (Lipinski definition) is 5. The molecule has 0 bridgehead atoms. The van der Waals surface area contributed by atoms with Crippen LogP contribution in [-0.4, -0.2) is 41.6 Å². The number of sulfonamides is 1. The second-order valence-corrected chi connectivity index (χ2v) is 7.84. The Kier molecular flexibility index (Phi) is 7.86. The Bertz CT molecular complexity index is 943. The zero-order chi connectivity index (χ0) is 20.6. The molecule has 9 heteroatoms. The number of amides is 1. The van der Waals surface area contributed by atoms with Crippen LogP contribution < -0.4 is 19.5 Å². The Balaban J connectivity index is 1.91. The van der Waals surface area contributed by atoms with Crippen LogP contribution in [-0.2, 0) is 14.8 Å². The van der Waals surface area contributed by atoms with E-state index in [-0.39, 0.29) is 16.6 Å². The van der Waals surface area contributed by atoms with E-state index in [1.165, 1.54) is 38.4 Å². The molecule has 0 saturated carbocycles. The van der Waals surface area contributed by atoms with E-state index in [1.807, 2.05) is 0 Å². The van der Waals surface area contributed by atoms with E-state index in [2.05, 4.69) is 10.0 Å². The first kappa shape index (κ1) is 21.7. The zero-order valence-corrected chi connectivity index (χ0v) is 17.0. The normalized spacial score (nSPS) is 11.4. The number of hydrogen-bond donors (Lipinski definition) is 2. The Morgan fingerprint density at radius 3 is 2.54 bits per heavy atom. The molecule has 0 aliphatic heterocycles. The largest absolute Gasteiger partial charge is 0.495 e. The van der Waals surface area contributed by atoms with Gasteiger partial charge in [-0.1, -0.05) is 17.7 Å². The summed E-state index contributed by atoms with van der Waals surface area (Å²) < 4.78 is 36.9. The lowest BCUT2D eigenvalue weighted by molar-refractivity contribution is -0.116. The van der Waals surface area contributed by atoms with Gasteiger partial charge in [0.1, 0.15) is 23.0 Å². The molecule has 0 heterocycles. The van der Waals surface area contributed by atoms with Crippen LogP contribution in [0, 0.1) is 0 Å². The fourth-order valence-corrected chi connectivity index (χ4v) is 3.28. The quantitative estimate of drug-likeness (QED) is 0.476. The smallest absolute Gasteiger partial charge is 0.244 e. The Labute approximate surface area is 169 Å². The van der Waals surface area contributed by atoms with Gasteiger partial charge in [-0.05, 0) is 55.1 Å². The van der Waals surface area contributed by atoms with Crippen molar-refractivity contribution in [3.8, 4) is 11.5 Å². The third-order valence-corrected chi connectivity index (χ3v) is 5.34. The van der Waals surface area contributed by atoms with E-state index in [0.29, 0.717) is 29.5 Å². The lowest BCUT2D eigenvalue weighted by atomic mass is 10.2. The number of carbonyl (C=O) groups excluding carboxylic acids is 1. The first-order valence-corrected chi connectivity index (χ1v) is 10.2. The summed E-state index contributed by atoms with van der Waals surface area (Å²) in [6.45, 7) is 0.613. The number of nitrogens with one attached hydrogen (secondary N) is 2. The first-order chi connectivity index (χ1) is 13.4. The van der Waals surface area contributed by atoms with E-state index < -0.39 is 10.0 Å². The molecular weight excluding hydrogens is 404 g/mol. The highest BCUT2D eigenvalue weighted by atomic mass is 35.5. The van der Waals surface area contributed by atoms with Crippen molar-refractivity contribution in [2.45, 2.75) is 4.90 Å². The molecule has 0 atom stereocenters. The zero-order valence-electron chi connectivity index (χ0n) is 15.4. The van der Waals surface area contributed by atoms with Gasteiger partial charge in [0, 0.05) is 11.1 Å². The molecule has 150 valence electrons. The van der Waals surface area contributed by atoms with Gasteiger partial charge >= 0.3 is 0 Å². The van der Waals surface area contributed by atoms with Gasteiger partial charge < -0.3 is 14.8 Å². The fourth-order valence-electron chi connectivity index (χ4n) is 2.22. The second kappa shape index (κ2) is 10.1. The van der Waals surface area contributed by atoms with Crippen LogP contribution in [0.15, 0.2) is 53.4 Å². The molecule has 0 aliphatic rings. The third-order valence-electron chi connectivity index (χ3n) is 3.66. The summed E-state index contributed by atoms with van der Waals surface area (Å²) in [6, 6.07) is 11.5. The summed E-state index contributed by atoms with van der Waals surface area (Å²) >= 11 is 5.80. The standard InChI is InChI=1S/C19H21ClN2O5S/c1-21-28(24,25)18-13-14(3-9-17(18)26-2)4-10-19(23)22-11-12-27-16-7-5-15(20)6-8-16/h3-10,13,21H,11-12H2,1-2H3,(H,22,23)/b10-4+. The molecule has 2 rings (SSSR count). The van der Waals surface area contributed by atoms with Gasteiger partial charge in [0.25, 0.3) is 0 Å². The van der Waals surface area contributed by atoms with Crippen LogP contribution in [0.1, 0.15) is 5.56 Å². The maximum atomic E-state index is 12.1. The van der Waals surface area contributed by atoms with Gasteiger partial charge in [0.2, 0.25) is 15.9 Å². The van der Waals surface area contributed by atoms with Crippen LogP contribution in [0.4, 0.5) is 0 Å². The molecule has 2 aromatic rings. The number of halogens is 1. The predicted octanol–water partition coefficient (Wildman–Crippen LogP) is 2.47. The molecule has 2 N–H and O–H groups in total. The molecular formula is C19H21ClN2O5S. The average molecular weight is 425 g/mol. The molecule has 0 saturated heterocycles. The van der Waals surface area contributed by atoms with Crippen molar-refractivity contribution < 1.29 is 22.7 Å². The van der Waals surface area contributed by atoms with Crippen molar-refractivity contribution in [1.82, 2.24) is 10.0 Å². The molecule has 0 unspecified atom stereocenters. The van der Waals surface area contributed by atoms with Gasteiger partial charge in [-0.25, -0.2) is 13.1 Å². The van der Waals surface area contributed by atoms with Gasteiger partial charge in [0.05, 0.1) is 13.7 Å². The van der Waals surface area contributed by atoms with Crippen LogP contribution >= 0.6 is 11.6 Å². The van der Waals surface area contributed by atoms with E-state index in [4.69, 9.17) is 21.1 Å². The van der Waals surface area contributed by atoms with E-state index >= 15 is 0 Å². The Morgan fingerprint density at radius 2 is 1.89 bits per heavy atom. The fraction of sp³-hybridized carbons (Fsp3) is 0.211. The van der Waals surface area contributed by atoms with Crippen LogP contribution in [0.25, 0.3) is 6.08 Å². The number of benzene rings is 2. The average Bonchev–Trinajstić information content (AvgIpc) is 2.70. The highest BCUT2D eigenvalue weighted by Gasteiger charge is 2.17. The van der Waals surface area contributed by atoms with Crippen molar-refractivity contribution in [3.05, 3.63) is 59.1 Å². The summed E-state index contributed by atoms with van der Waals surface area (Å²) in [5.74, 6) is 0.551. The molecule has 2 aromatic carbocycles. The molecule has 0 fully saturated rings. The van der Waals surface area contributed by atoms with E-state index in [1.54, 1.807) is 30.3 Å². The summed E-state index contributed by atoms with van der Waals surface area (Å²) in [5.41, 5.74) is 0.544. The van der Waals surface area contributed by atoms with Gasteiger partial charge in [-0.2, -0.15) is 0 Å². The Hall–Kier alpha value is -2.55. The highest BCUT2D eigenvalue weighted by Crippen LogP contribution is 2.25. The van der Waals surface area contributed by atoms with Crippen molar-refractivity contribution in [1.29, 1.82) is 0 Å². The molecule has 28 heavy (non-hydrogen) atoms. The second-order valence-electron chi connectivity index (χ2n) is 5.54. The topological polar surface area (TPSA) is 93.7 Å². The molecule has 0 spiro atoms. The minimum absolute atomic E-state index is 0.00331. The number of rotatable bonds is 9. The lowest BCUT2D eigenvalue weighted by Crippen LogP contribution is -2.26. The van der Waals surface area contributed by atoms with Crippen molar-refractivity contribution >= 4 is 33.6 Å². The SMILES string of the molecule is CNS(=O)(=O)c1cc(/C=C/C(=O)NCCOc2ccc(Cl)cc2)ccc1OC. The maximum Gasteiger partial charge on any atom is 0.244 e. The predicted molar refractivity (Wildman–Crippen MR) is 108 cm³/mol. The molecule has 0 radical (unpaired) electrons. The van der Waals surface area contributed by atoms with E-state index in [9.17, 15) is 13.2 Å². The Morgan fingerprint density at radius 1 is 1.18 bits per heavy atom. The summed E-state index contributed by atoms with van der Waals surface area (Å²) in [4.78, 5) is 11.9. The number of ether oxygens (including phenoxy) is 2. The van der Waals surface area contributed by atoms with Crippen molar-refractivity contribution in [2.75, 3.05) is 27.3 Å². The van der Waals surface area contributed by atoms with Crippen molar-refractivity contribution in [3.63, 3.8) is 0 Å². The summed E-state index contributed by atoms with van der Waals surface area (Å²) in [7, 11) is -0.979. The van der Waals surface area contributed by atoms with E-state index in [0.717, 1.165) is 0 Å². The van der Waals surface area contributed by atoms with Gasteiger partial charge in [0.15, 0.2) is 0 Å². The molecule has 1 amide bonds. The van der Waals surface area contributed by atoms with Crippen molar-refractivity contribution in [2.24, 2.45) is 0 Å². The monoisotopic (exact) mass is 424 g/mol. The molecule has 7 nitrogen and oxygen atoms in total. The van der Waals surface area contributed by atoms with Gasteiger partial charge in [-0.3, -0.25) is 4.79 Å². The lowest BCUT2D eigenvalue weighted by Gasteiger charge is -2.09. The maximum absolute atomic E-state index is 12.1. The van der Waals surface area contributed by atoms with Crippen LogP contribution in [0.2, 0.25) is 5.02 Å². The highest BCUT2D eigenvalue weighted by molar-refractivity contribution is 7.89. The number of carbonyl (C=O) groups is 1. The molecule has 0 aromatic heterocycles. The minimum atomic E-state index is -3.68. The summed E-state index contributed by atoms with van der Waals surface area (Å²) in [5, 5.41) is 3.30. The minimum Gasteiger partial charge on any atom is -0.495 e. The molecule has 0 aliphatic carbocycles. The van der Waals surface area contributed by atoms with Crippen LogP contribution in [0.5, 0.6) is 11.5 Å². The first-order valence-electron chi connectivity index (χ1n) is 8.31.